The standard InChI is InChI=1S/C15H14Cl3F2N3O2/c1-7(3-9-11(17)4-8(16)5-12(9)18)23(25-2)15(24)10-6-21-22-13(10)14(19)20/h4-7,14H,3H2,1-2H3,(H,21,22). The molecule has 25 heavy (non-hydrogen) atoms. The Morgan fingerprint density at radius 3 is 2.44 bits per heavy atom. The number of nitrogens with one attached hydrogen (secondary N) is 1. The van der Waals surface area contributed by atoms with Crippen molar-refractivity contribution in [2.45, 2.75) is 25.8 Å². The molecule has 0 saturated carbocycles. The summed E-state index contributed by atoms with van der Waals surface area (Å²) in [6.45, 7) is 1.67. The van der Waals surface area contributed by atoms with E-state index in [1.165, 1.54) is 19.2 Å². The maximum Gasteiger partial charge on any atom is 0.282 e. The lowest BCUT2D eigenvalue weighted by atomic mass is 10.1. The minimum absolute atomic E-state index is 0.232. The van der Waals surface area contributed by atoms with Crippen molar-refractivity contribution in [3.05, 3.63) is 50.2 Å². The van der Waals surface area contributed by atoms with Crippen LogP contribution in [-0.2, 0) is 11.3 Å². The van der Waals surface area contributed by atoms with Gasteiger partial charge in [0.1, 0.15) is 5.69 Å². The first kappa shape index (κ1) is 19.9. The molecule has 2 aromatic rings. The first-order valence-electron chi connectivity index (χ1n) is 7.09. The van der Waals surface area contributed by atoms with Gasteiger partial charge in [-0.15, -0.1) is 0 Å². The number of aromatic amines is 1. The minimum Gasteiger partial charge on any atom is -0.284 e. The molecular weight excluding hydrogens is 399 g/mol. The summed E-state index contributed by atoms with van der Waals surface area (Å²) in [4.78, 5) is 17.6. The van der Waals surface area contributed by atoms with Crippen LogP contribution in [0, 0.1) is 0 Å². The Morgan fingerprint density at radius 2 is 1.92 bits per heavy atom. The molecule has 0 spiro atoms. The first-order valence-corrected chi connectivity index (χ1v) is 8.22. The van der Waals surface area contributed by atoms with Crippen LogP contribution in [0.2, 0.25) is 15.1 Å². The van der Waals surface area contributed by atoms with Gasteiger partial charge in [0.2, 0.25) is 0 Å². The number of carbonyl (C=O) groups is 1. The number of rotatable bonds is 6. The number of amides is 1. The number of alkyl halides is 2. The Bertz CT molecular complexity index is 747. The summed E-state index contributed by atoms with van der Waals surface area (Å²) in [6, 6.07) is 2.51. The molecule has 2 rings (SSSR count). The molecule has 0 aliphatic heterocycles. The maximum atomic E-state index is 12.9. The number of hydrogen-bond acceptors (Lipinski definition) is 3. The summed E-state index contributed by atoms with van der Waals surface area (Å²) < 4.78 is 25.9. The fourth-order valence-corrected chi connectivity index (χ4v) is 3.34. The van der Waals surface area contributed by atoms with Gasteiger partial charge >= 0.3 is 0 Å². The molecule has 5 nitrogen and oxygen atoms in total. The van der Waals surface area contributed by atoms with E-state index in [-0.39, 0.29) is 12.0 Å². The van der Waals surface area contributed by atoms with Gasteiger partial charge in [0.25, 0.3) is 12.3 Å². The smallest absolute Gasteiger partial charge is 0.282 e. The molecule has 1 N–H and O–H groups in total. The predicted octanol–water partition coefficient (Wildman–Crippen LogP) is 4.94. The molecule has 1 atom stereocenters. The molecule has 0 radical (unpaired) electrons. The average molecular weight is 413 g/mol. The van der Waals surface area contributed by atoms with Gasteiger partial charge in [0.15, 0.2) is 0 Å². The van der Waals surface area contributed by atoms with E-state index in [1.807, 2.05) is 0 Å². The van der Waals surface area contributed by atoms with Crippen LogP contribution in [0.1, 0.15) is 35.0 Å². The molecule has 0 aliphatic carbocycles. The van der Waals surface area contributed by atoms with E-state index in [0.717, 1.165) is 11.3 Å². The van der Waals surface area contributed by atoms with E-state index in [1.54, 1.807) is 6.92 Å². The Balaban J connectivity index is 2.25. The Labute approximate surface area is 157 Å². The van der Waals surface area contributed by atoms with Gasteiger partial charge in [-0.25, -0.2) is 13.8 Å². The second kappa shape index (κ2) is 8.31. The van der Waals surface area contributed by atoms with Crippen molar-refractivity contribution in [1.29, 1.82) is 0 Å². The van der Waals surface area contributed by atoms with Crippen molar-refractivity contribution in [2.24, 2.45) is 0 Å². The van der Waals surface area contributed by atoms with Gasteiger partial charge in [-0.2, -0.15) is 5.10 Å². The highest BCUT2D eigenvalue weighted by molar-refractivity contribution is 6.39. The number of hydroxylamine groups is 2. The second-order valence-electron chi connectivity index (χ2n) is 5.20. The molecule has 136 valence electrons. The van der Waals surface area contributed by atoms with Gasteiger partial charge in [-0.1, -0.05) is 34.8 Å². The van der Waals surface area contributed by atoms with E-state index in [0.29, 0.717) is 20.6 Å². The fourth-order valence-electron chi connectivity index (χ4n) is 2.37. The van der Waals surface area contributed by atoms with Crippen molar-refractivity contribution in [1.82, 2.24) is 15.3 Å². The normalized spacial score (nSPS) is 12.5. The molecule has 0 saturated heterocycles. The summed E-state index contributed by atoms with van der Waals surface area (Å²) in [6.07, 6.45) is -1.56. The van der Waals surface area contributed by atoms with Crippen molar-refractivity contribution < 1.29 is 18.4 Å². The van der Waals surface area contributed by atoms with Crippen LogP contribution in [0.15, 0.2) is 18.3 Å². The van der Waals surface area contributed by atoms with Gasteiger partial charge in [-0.05, 0) is 31.0 Å². The highest BCUT2D eigenvalue weighted by Crippen LogP contribution is 2.31. The van der Waals surface area contributed by atoms with Gasteiger partial charge < -0.3 is 0 Å². The summed E-state index contributed by atoms with van der Waals surface area (Å²) in [7, 11) is 1.27. The van der Waals surface area contributed by atoms with Crippen molar-refractivity contribution in [3.63, 3.8) is 0 Å². The van der Waals surface area contributed by atoms with Gasteiger partial charge in [0, 0.05) is 21.3 Å². The Kier molecular flexibility index (Phi) is 6.62. The zero-order valence-corrected chi connectivity index (χ0v) is 15.5. The van der Waals surface area contributed by atoms with E-state index >= 15 is 0 Å². The molecule has 1 amide bonds. The lowest BCUT2D eigenvalue weighted by Crippen LogP contribution is -2.39. The van der Waals surface area contributed by atoms with E-state index < -0.39 is 24.1 Å². The van der Waals surface area contributed by atoms with E-state index in [2.05, 4.69) is 10.2 Å². The molecule has 0 fully saturated rings. The monoisotopic (exact) mass is 411 g/mol. The van der Waals surface area contributed by atoms with Crippen LogP contribution in [0.4, 0.5) is 8.78 Å². The van der Waals surface area contributed by atoms with Crippen LogP contribution < -0.4 is 0 Å². The lowest BCUT2D eigenvalue weighted by molar-refractivity contribution is -0.119. The highest BCUT2D eigenvalue weighted by Gasteiger charge is 2.29. The third-order valence-corrected chi connectivity index (χ3v) is 4.40. The van der Waals surface area contributed by atoms with Gasteiger partial charge in [0.05, 0.1) is 18.7 Å². The van der Waals surface area contributed by atoms with E-state index in [4.69, 9.17) is 39.6 Å². The lowest BCUT2D eigenvalue weighted by Gasteiger charge is -2.27. The molecule has 1 heterocycles. The van der Waals surface area contributed by atoms with Crippen LogP contribution in [-0.4, -0.2) is 34.3 Å². The molecular formula is C15H14Cl3F2N3O2. The summed E-state index contributed by atoms with van der Waals surface area (Å²) in [5.41, 5.74) is -0.338. The topological polar surface area (TPSA) is 58.2 Å². The molecule has 0 aliphatic rings. The third-order valence-electron chi connectivity index (χ3n) is 3.51. The van der Waals surface area contributed by atoms with Crippen molar-refractivity contribution >= 4 is 40.7 Å². The molecule has 0 bridgehead atoms. The van der Waals surface area contributed by atoms with Crippen molar-refractivity contribution in [2.75, 3.05) is 7.11 Å². The van der Waals surface area contributed by atoms with Crippen LogP contribution in [0.5, 0.6) is 0 Å². The van der Waals surface area contributed by atoms with E-state index in [9.17, 15) is 13.6 Å². The Hall–Kier alpha value is -1.41. The zero-order chi connectivity index (χ0) is 18.7. The number of hydrogen-bond donors (Lipinski definition) is 1. The number of H-pyrrole nitrogens is 1. The van der Waals surface area contributed by atoms with Crippen LogP contribution in [0.3, 0.4) is 0 Å². The summed E-state index contributed by atoms with van der Waals surface area (Å²) in [5, 5.41) is 7.69. The zero-order valence-electron chi connectivity index (χ0n) is 13.2. The van der Waals surface area contributed by atoms with Crippen LogP contribution in [0.25, 0.3) is 0 Å². The third kappa shape index (κ3) is 4.41. The number of aromatic nitrogens is 2. The number of nitrogens with zero attached hydrogens (tertiary/aromatic N) is 2. The quantitative estimate of drug-likeness (QED) is 0.684. The number of halogens is 5. The largest absolute Gasteiger partial charge is 0.284 e. The Morgan fingerprint density at radius 1 is 1.32 bits per heavy atom. The number of benzene rings is 1. The second-order valence-corrected chi connectivity index (χ2v) is 6.45. The first-order chi connectivity index (χ1) is 11.8. The highest BCUT2D eigenvalue weighted by atomic mass is 35.5. The van der Waals surface area contributed by atoms with Crippen LogP contribution >= 0.6 is 34.8 Å². The molecule has 1 aromatic carbocycles. The average Bonchev–Trinajstić information content (AvgIpc) is 3.01. The fraction of sp³-hybridized carbons (Fsp3) is 0.333. The maximum absolute atomic E-state index is 12.9. The van der Waals surface area contributed by atoms with Crippen molar-refractivity contribution in [3.8, 4) is 0 Å². The summed E-state index contributed by atoms with van der Waals surface area (Å²) in [5.74, 6) is -0.750. The molecule has 10 heteroatoms. The number of carbonyl (C=O) groups excluding carboxylic acids is 1. The molecule has 1 unspecified atom stereocenters. The molecule has 1 aromatic heterocycles. The van der Waals surface area contributed by atoms with Gasteiger partial charge in [-0.3, -0.25) is 14.7 Å². The SMILES string of the molecule is CON(C(=O)c1c[nH]nc1C(F)F)C(C)Cc1c(Cl)cc(Cl)cc1Cl. The minimum atomic E-state index is -2.89. The predicted molar refractivity (Wildman–Crippen MR) is 91.4 cm³/mol. The summed E-state index contributed by atoms with van der Waals surface area (Å²) >= 11 is 18.2.